The monoisotopic (exact) mass is 456 g/mol. The second-order valence-electron chi connectivity index (χ2n) is 6.02. The van der Waals surface area contributed by atoms with E-state index in [1.165, 1.54) is 14.6 Å². The van der Waals surface area contributed by atoms with Crippen LogP contribution in [0.15, 0.2) is 53.9 Å². The molecule has 3 rings (SSSR count). The molecule has 0 radical (unpaired) electrons. The van der Waals surface area contributed by atoms with E-state index in [0.29, 0.717) is 5.56 Å². The standard InChI is InChI=1S/C18H18N2OS2.C2HF3O2/c19-18(21)14-5-3-13(4-6-14)17-8-7-16(23-17)12-20-10-9-15-2-1-11-22-15;3-2(4,5)1(6)7/h1-8,11,20H,9-10,12H2,(H2,19,21);(H,6,7). The average Bonchev–Trinajstić information content (AvgIpc) is 3.37. The molecule has 1 amide bonds. The lowest BCUT2D eigenvalue weighted by Crippen LogP contribution is -2.21. The van der Waals surface area contributed by atoms with Crippen LogP contribution in [0.4, 0.5) is 13.2 Å². The fourth-order valence-corrected chi connectivity index (χ4v) is 4.00. The first-order valence-corrected chi connectivity index (χ1v) is 10.4. The van der Waals surface area contributed by atoms with Gasteiger partial charge in [0.25, 0.3) is 0 Å². The molecule has 160 valence electrons. The van der Waals surface area contributed by atoms with Gasteiger partial charge in [-0.05, 0) is 47.7 Å². The highest BCUT2D eigenvalue weighted by molar-refractivity contribution is 7.15. The molecular weight excluding hydrogens is 437 g/mol. The number of primary amides is 1. The van der Waals surface area contributed by atoms with Gasteiger partial charge in [0.05, 0.1) is 0 Å². The molecular formula is C20H19F3N2O3S2. The molecule has 0 saturated carbocycles. The maximum absolute atomic E-state index is 11.1. The Balaban J connectivity index is 0.000000396. The van der Waals surface area contributed by atoms with Crippen molar-refractivity contribution in [1.82, 2.24) is 5.32 Å². The van der Waals surface area contributed by atoms with Crippen LogP contribution in [0.5, 0.6) is 0 Å². The van der Waals surface area contributed by atoms with Gasteiger partial charge in [-0.15, -0.1) is 22.7 Å². The highest BCUT2D eigenvalue weighted by atomic mass is 32.1. The van der Waals surface area contributed by atoms with Crippen LogP contribution in [0.3, 0.4) is 0 Å². The second-order valence-corrected chi connectivity index (χ2v) is 8.22. The molecule has 0 saturated heterocycles. The van der Waals surface area contributed by atoms with E-state index in [4.69, 9.17) is 15.6 Å². The number of aliphatic carboxylic acids is 1. The van der Waals surface area contributed by atoms with Crippen LogP contribution in [0, 0.1) is 0 Å². The third-order valence-corrected chi connectivity index (χ3v) is 5.86. The van der Waals surface area contributed by atoms with Gasteiger partial charge in [0, 0.05) is 33.3 Å². The molecule has 0 bridgehead atoms. The van der Waals surface area contributed by atoms with Crippen LogP contribution in [0.1, 0.15) is 20.1 Å². The van der Waals surface area contributed by atoms with Crippen LogP contribution in [0.25, 0.3) is 10.4 Å². The molecule has 5 nitrogen and oxygen atoms in total. The zero-order valence-electron chi connectivity index (χ0n) is 15.6. The van der Waals surface area contributed by atoms with E-state index in [-0.39, 0.29) is 0 Å². The highest BCUT2D eigenvalue weighted by Gasteiger charge is 2.38. The summed E-state index contributed by atoms with van der Waals surface area (Å²) in [7, 11) is 0. The number of hydrogen-bond acceptors (Lipinski definition) is 5. The summed E-state index contributed by atoms with van der Waals surface area (Å²) < 4.78 is 31.7. The van der Waals surface area contributed by atoms with Gasteiger partial charge in [-0.3, -0.25) is 4.79 Å². The number of hydrogen-bond donors (Lipinski definition) is 3. The third kappa shape index (κ3) is 7.62. The number of nitrogens with one attached hydrogen (secondary N) is 1. The van der Waals surface area contributed by atoms with Gasteiger partial charge < -0.3 is 16.2 Å². The van der Waals surface area contributed by atoms with Crippen molar-refractivity contribution < 1.29 is 27.9 Å². The van der Waals surface area contributed by atoms with Crippen LogP contribution in [-0.4, -0.2) is 29.7 Å². The summed E-state index contributed by atoms with van der Waals surface area (Å²) in [6, 6.07) is 16.0. The van der Waals surface area contributed by atoms with Gasteiger partial charge >= 0.3 is 12.1 Å². The molecule has 2 heterocycles. The average molecular weight is 457 g/mol. The van der Waals surface area contributed by atoms with Gasteiger partial charge in [0.2, 0.25) is 5.91 Å². The molecule has 0 aliphatic heterocycles. The lowest BCUT2D eigenvalue weighted by atomic mass is 10.1. The maximum Gasteiger partial charge on any atom is 0.490 e. The summed E-state index contributed by atoms with van der Waals surface area (Å²) in [5.41, 5.74) is 6.92. The van der Waals surface area contributed by atoms with Crippen LogP contribution in [0.2, 0.25) is 0 Å². The number of benzene rings is 1. The fraction of sp³-hybridized carbons (Fsp3) is 0.200. The number of rotatable bonds is 7. The summed E-state index contributed by atoms with van der Waals surface area (Å²) in [4.78, 5) is 23.9. The van der Waals surface area contributed by atoms with Crippen molar-refractivity contribution in [3.05, 3.63) is 69.2 Å². The largest absolute Gasteiger partial charge is 0.490 e. The zero-order chi connectivity index (χ0) is 22.1. The summed E-state index contributed by atoms with van der Waals surface area (Å²) in [5.74, 6) is -3.15. The number of nitrogens with two attached hydrogens (primary N) is 1. The van der Waals surface area contributed by atoms with Crippen LogP contribution >= 0.6 is 22.7 Å². The van der Waals surface area contributed by atoms with Gasteiger partial charge in [-0.1, -0.05) is 18.2 Å². The summed E-state index contributed by atoms with van der Waals surface area (Å²) >= 11 is 3.58. The molecule has 30 heavy (non-hydrogen) atoms. The number of amides is 1. The Bertz CT molecular complexity index is 953. The van der Waals surface area contributed by atoms with E-state index < -0.39 is 18.1 Å². The first-order valence-electron chi connectivity index (χ1n) is 8.69. The molecule has 2 aromatic heterocycles. The minimum atomic E-state index is -5.08. The molecule has 0 aliphatic carbocycles. The second kappa shape index (κ2) is 10.9. The van der Waals surface area contributed by atoms with Gasteiger partial charge in [-0.25, -0.2) is 4.79 Å². The molecule has 1 aromatic carbocycles. The van der Waals surface area contributed by atoms with Gasteiger partial charge in [0.1, 0.15) is 0 Å². The normalized spacial score (nSPS) is 10.9. The van der Waals surface area contributed by atoms with Crippen LogP contribution < -0.4 is 11.1 Å². The molecule has 4 N–H and O–H groups in total. The number of alkyl halides is 3. The zero-order valence-corrected chi connectivity index (χ0v) is 17.2. The molecule has 10 heteroatoms. The highest BCUT2D eigenvalue weighted by Crippen LogP contribution is 2.28. The van der Waals surface area contributed by atoms with E-state index in [2.05, 4.69) is 35.0 Å². The van der Waals surface area contributed by atoms with Crippen molar-refractivity contribution >= 4 is 34.6 Å². The molecule has 0 aliphatic rings. The van der Waals surface area contributed by atoms with Crippen molar-refractivity contribution in [1.29, 1.82) is 0 Å². The minimum Gasteiger partial charge on any atom is -0.475 e. The SMILES string of the molecule is NC(=O)c1ccc(-c2ccc(CNCCc3cccs3)s2)cc1.O=C(O)C(F)(F)F. The lowest BCUT2D eigenvalue weighted by molar-refractivity contribution is -0.192. The number of carboxylic acids is 1. The molecule has 0 fully saturated rings. The number of carboxylic acid groups (broad SMARTS) is 1. The van der Waals surface area contributed by atoms with Gasteiger partial charge in [0.15, 0.2) is 0 Å². The van der Waals surface area contributed by atoms with Crippen molar-refractivity contribution in [3.63, 3.8) is 0 Å². The van der Waals surface area contributed by atoms with Crippen molar-refractivity contribution in [2.45, 2.75) is 19.1 Å². The Morgan fingerprint density at radius 2 is 1.70 bits per heavy atom. The molecule has 0 spiro atoms. The number of halogens is 3. The first-order chi connectivity index (χ1) is 14.2. The Morgan fingerprint density at radius 3 is 2.23 bits per heavy atom. The smallest absolute Gasteiger partial charge is 0.475 e. The van der Waals surface area contributed by atoms with E-state index in [1.54, 1.807) is 34.8 Å². The van der Waals surface area contributed by atoms with Crippen molar-refractivity contribution in [2.24, 2.45) is 5.73 Å². The van der Waals surface area contributed by atoms with Crippen molar-refractivity contribution in [3.8, 4) is 10.4 Å². The van der Waals surface area contributed by atoms with Gasteiger partial charge in [-0.2, -0.15) is 13.2 Å². The quantitative estimate of drug-likeness (QED) is 0.455. The van der Waals surface area contributed by atoms with E-state index >= 15 is 0 Å². The Morgan fingerprint density at radius 1 is 1.03 bits per heavy atom. The summed E-state index contributed by atoms with van der Waals surface area (Å²) in [6.45, 7) is 1.87. The Labute approximate surface area is 179 Å². The predicted octanol–water partition coefficient (Wildman–Crippen LogP) is 4.54. The van der Waals surface area contributed by atoms with Crippen molar-refractivity contribution in [2.75, 3.05) is 6.54 Å². The third-order valence-electron chi connectivity index (χ3n) is 3.79. The topological polar surface area (TPSA) is 92.4 Å². The minimum absolute atomic E-state index is 0.390. The fourth-order valence-electron chi connectivity index (χ4n) is 2.30. The first kappa shape index (κ1) is 23.6. The molecule has 3 aromatic rings. The Kier molecular flexibility index (Phi) is 8.58. The van der Waals surface area contributed by atoms with E-state index in [0.717, 1.165) is 25.1 Å². The molecule has 0 atom stereocenters. The van der Waals surface area contributed by atoms with Crippen LogP contribution in [-0.2, 0) is 17.8 Å². The summed E-state index contributed by atoms with van der Waals surface area (Å²) in [6.07, 6.45) is -4.01. The number of thiophene rings is 2. The predicted molar refractivity (Wildman–Crippen MR) is 112 cm³/mol. The lowest BCUT2D eigenvalue weighted by Gasteiger charge is -2.02. The van der Waals surface area contributed by atoms with E-state index in [9.17, 15) is 18.0 Å². The maximum atomic E-state index is 11.1. The van der Waals surface area contributed by atoms with E-state index in [1.807, 2.05) is 12.1 Å². The molecule has 0 unspecified atom stereocenters. The number of carbonyl (C=O) groups excluding carboxylic acids is 1. The Hall–Kier alpha value is -2.69. The number of carbonyl (C=O) groups is 2. The summed E-state index contributed by atoms with van der Waals surface area (Å²) in [5, 5.41) is 12.7.